The van der Waals surface area contributed by atoms with E-state index in [1.807, 2.05) is 6.07 Å². The van der Waals surface area contributed by atoms with Gasteiger partial charge in [-0.25, -0.2) is 0 Å². The minimum absolute atomic E-state index is 0.459. The molecule has 0 spiro atoms. The van der Waals surface area contributed by atoms with Crippen molar-refractivity contribution in [2.75, 3.05) is 5.32 Å². The van der Waals surface area contributed by atoms with E-state index in [2.05, 4.69) is 5.32 Å². The SMILES string of the molecule is Clc1ccc(Nc2cccc(Cl)c2Cl)c(Cl)c1. The lowest BCUT2D eigenvalue weighted by Crippen LogP contribution is -1.92. The Hall–Kier alpha value is -0.600. The fourth-order valence-corrected chi connectivity index (χ4v) is 2.14. The molecule has 5 heteroatoms. The Morgan fingerprint density at radius 2 is 1.53 bits per heavy atom. The molecule has 0 saturated carbocycles. The number of nitrogens with one attached hydrogen (secondary N) is 1. The van der Waals surface area contributed by atoms with E-state index >= 15 is 0 Å². The highest BCUT2D eigenvalue weighted by Crippen LogP contribution is 2.34. The van der Waals surface area contributed by atoms with Crippen molar-refractivity contribution in [2.45, 2.75) is 0 Å². The highest BCUT2D eigenvalue weighted by atomic mass is 35.5. The predicted molar refractivity (Wildman–Crippen MR) is 76.2 cm³/mol. The minimum Gasteiger partial charge on any atom is -0.353 e. The normalized spacial score (nSPS) is 10.4. The van der Waals surface area contributed by atoms with Gasteiger partial charge < -0.3 is 5.32 Å². The molecule has 2 aromatic carbocycles. The van der Waals surface area contributed by atoms with Crippen LogP contribution in [0.5, 0.6) is 0 Å². The van der Waals surface area contributed by atoms with Crippen LogP contribution in [0, 0.1) is 0 Å². The quantitative estimate of drug-likeness (QED) is 0.712. The average Bonchev–Trinajstić information content (AvgIpc) is 2.28. The molecular weight excluding hydrogens is 300 g/mol. The number of anilines is 2. The van der Waals surface area contributed by atoms with Crippen LogP contribution in [0.25, 0.3) is 0 Å². The van der Waals surface area contributed by atoms with Crippen LogP contribution >= 0.6 is 46.4 Å². The summed E-state index contributed by atoms with van der Waals surface area (Å²) in [6.45, 7) is 0. The van der Waals surface area contributed by atoms with E-state index < -0.39 is 0 Å². The molecular formula is C12H7Cl4N. The Labute approximate surface area is 119 Å². The van der Waals surface area contributed by atoms with Crippen molar-refractivity contribution >= 4 is 57.8 Å². The number of halogens is 4. The van der Waals surface area contributed by atoms with Crippen molar-refractivity contribution in [2.24, 2.45) is 0 Å². The summed E-state index contributed by atoms with van der Waals surface area (Å²) in [5, 5.41) is 5.15. The van der Waals surface area contributed by atoms with E-state index in [1.165, 1.54) is 0 Å². The van der Waals surface area contributed by atoms with Gasteiger partial charge in [0.25, 0.3) is 0 Å². The Kier molecular flexibility index (Phi) is 4.05. The first kappa shape index (κ1) is 12.8. The second-order valence-electron chi connectivity index (χ2n) is 3.35. The van der Waals surface area contributed by atoms with E-state index in [-0.39, 0.29) is 0 Å². The summed E-state index contributed by atoms with van der Waals surface area (Å²) in [6.07, 6.45) is 0. The Bertz CT molecular complexity index is 554. The molecule has 0 aliphatic heterocycles. The van der Waals surface area contributed by atoms with Gasteiger partial charge in [-0.15, -0.1) is 0 Å². The first-order valence-corrected chi connectivity index (χ1v) is 6.25. The molecule has 1 nitrogen and oxygen atoms in total. The third kappa shape index (κ3) is 2.99. The van der Waals surface area contributed by atoms with Gasteiger partial charge in [0.2, 0.25) is 0 Å². The van der Waals surface area contributed by atoms with E-state index in [0.717, 1.165) is 5.69 Å². The molecule has 0 aromatic heterocycles. The van der Waals surface area contributed by atoms with Gasteiger partial charge >= 0.3 is 0 Å². The monoisotopic (exact) mass is 305 g/mol. The maximum Gasteiger partial charge on any atom is 0.0827 e. The lowest BCUT2D eigenvalue weighted by atomic mass is 10.2. The summed E-state index contributed by atoms with van der Waals surface area (Å²) in [5.41, 5.74) is 1.42. The second-order valence-corrected chi connectivity index (χ2v) is 4.98. The standard InChI is InChI=1S/C12H7Cl4N/c13-7-4-5-10(9(15)6-7)17-11-3-1-2-8(14)12(11)16/h1-6,17H. The first-order chi connectivity index (χ1) is 8.08. The maximum atomic E-state index is 6.06. The topological polar surface area (TPSA) is 12.0 Å². The summed E-state index contributed by atoms with van der Waals surface area (Å²) in [5.74, 6) is 0. The van der Waals surface area contributed by atoms with Crippen LogP contribution in [0.4, 0.5) is 11.4 Å². The van der Waals surface area contributed by atoms with Gasteiger partial charge in [0.15, 0.2) is 0 Å². The van der Waals surface area contributed by atoms with Gasteiger partial charge in [0.1, 0.15) is 0 Å². The predicted octanol–water partition coefficient (Wildman–Crippen LogP) is 6.04. The van der Waals surface area contributed by atoms with Gasteiger partial charge in [-0.2, -0.15) is 0 Å². The zero-order valence-electron chi connectivity index (χ0n) is 8.48. The van der Waals surface area contributed by atoms with Gasteiger partial charge in [0, 0.05) is 5.02 Å². The van der Waals surface area contributed by atoms with Gasteiger partial charge in [-0.3, -0.25) is 0 Å². The zero-order valence-corrected chi connectivity index (χ0v) is 11.5. The van der Waals surface area contributed by atoms with Crippen LogP contribution in [-0.2, 0) is 0 Å². The van der Waals surface area contributed by atoms with E-state index in [1.54, 1.807) is 30.3 Å². The summed E-state index contributed by atoms with van der Waals surface area (Å²) >= 11 is 23.8. The van der Waals surface area contributed by atoms with Crippen molar-refractivity contribution in [3.8, 4) is 0 Å². The number of hydrogen-bond donors (Lipinski definition) is 1. The van der Waals surface area contributed by atoms with Crippen molar-refractivity contribution in [3.63, 3.8) is 0 Å². The Morgan fingerprint density at radius 3 is 2.24 bits per heavy atom. The van der Waals surface area contributed by atoms with E-state index in [9.17, 15) is 0 Å². The molecule has 17 heavy (non-hydrogen) atoms. The third-order valence-corrected chi connectivity index (χ3v) is 3.52. The molecule has 0 fully saturated rings. The molecule has 0 bridgehead atoms. The fraction of sp³-hybridized carbons (Fsp3) is 0. The molecule has 0 saturated heterocycles. The van der Waals surface area contributed by atoms with Crippen molar-refractivity contribution < 1.29 is 0 Å². The zero-order chi connectivity index (χ0) is 12.4. The molecule has 1 N–H and O–H groups in total. The van der Waals surface area contributed by atoms with Crippen LogP contribution in [0.3, 0.4) is 0 Å². The van der Waals surface area contributed by atoms with Gasteiger partial charge in [0.05, 0.1) is 26.4 Å². The lowest BCUT2D eigenvalue weighted by molar-refractivity contribution is 1.55. The fourth-order valence-electron chi connectivity index (χ4n) is 1.34. The number of benzene rings is 2. The smallest absolute Gasteiger partial charge is 0.0827 e. The summed E-state index contributed by atoms with van der Waals surface area (Å²) in [6, 6.07) is 10.5. The van der Waals surface area contributed by atoms with Crippen LogP contribution in [0.1, 0.15) is 0 Å². The average molecular weight is 307 g/mol. The molecule has 0 heterocycles. The molecule has 88 valence electrons. The van der Waals surface area contributed by atoms with Crippen LogP contribution < -0.4 is 5.32 Å². The molecule has 0 radical (unpaired) electrons. The Balaban J connectivity index is 2.35. The second kappa shape index (κ2) is 5.36. The van der Waals surface area contributed by atoms with Crippen LogP contribution in [0.15, 0.2) is 36.4 Å². The van der Waals surface area contributed by atoms with Crippen molar-refractivity contribution in [1.29, 1.82) is 0 Å². The van der Waals surface area contributed by atoms with Crippen molar-refractivity contribution in [3.05, 3.63) is 56.5 Å². The minimum atomic E-state index is 0.459. The van der Waals surface area contributed by atoms with E-state index in [4.69, 9.17) is 46.4 Å². The van der Waals surface area contributed by atoms with Crippen LogP contribution in [-0.4, -0.2) is 0 Å². The van der Waals surface area contributed by atoms with Gasteiger partial charge in [-0.1, -0.05) is 52.5 Å². The van der Waals surface area contributed by atoms with Gasteiger partial charge in [-0.05, 0) is 30.3 Å². The van der Waals surface area contributed by atoms with Crippen molar-refractivity contribution in [1.82, 2.24) is 0 Å². The van der Waals surface area contributed by atoms with E-state index in [0.29, 0.717) is 25.8 Å². The highest BCUT2D eigenvalue weighted by Gasteiger charge is 2.06. The number of rotatable bonds is 2. The number of hydrogen-bond acceptors (Lipinski definition) is 1. The molecule has 0 amide bonds. The molecule has 2 rings (SSSR count). The summed E-state index contributed by atoms with van der Waals surface area (Å²) < 4.78 is 0. The maximum absolute atomic E-state index is 6.06. The summed E-state index contributed by atoms with van der Waals surface area (Å²) in [7, 11) is 0. The third-order valence-electron chi connectivity index (χ3n) is 2.15. The molecule has 0 unspecified atom stereocenters. The largest absolute Gasteiger partial charge is 0.353 e. The Morgan fingerprint density at radius 1 is 0.765 bits per heavy atom. The molecule has 0 atom stereocenters. The van der Waals surface area contributed by atoms with Crippen LogP contribution in [0.2, 0.25) is 20.1 Å². The first-order valence-electron chi connectivity index (χ1n) is 4.74. The molecule has 2 aromatic rings. The lowest BCUT2D eigenvalue weighted by Gasteiger charge is -2.10. The molecule has 0 aliphatic rings. The highest BCUT2D eigenvalue weighted by molar-refractivity contribution is 6.44. The summed E-state index contributed by atoms with van der Waals surface area (Å²) in [4.78, 5) is 0. The molecule has 0 aliphatic carbocycles.